The molecular weight excluding hydrogens is 403 g/mol. The van der Waals surface area contributed by atoms with Gasteiger partial charge in [-0.25, -0.2) is 14.4 Å². The van der Waals surface area contributed by atoms with E-state index in [9.17, 15) is 4.39 Å². The molecule has 2 aromatic heterocycles. The van der Waals surface area contributed by atoms with Crippen LogP contribution in [0, 0.1) is 5.82 Å². The first-order chi connectivity index (χ1) is 14.8. The predicted octanol–water partition coefficient (Wildman–Crippen LogP) is 4.50. The van der Waals surface area contributed by atoms with Gasteiger partial charge in [-0.2, -0.15) is 0 Å². The number of nitrogens with one attached hydrogen (secondary N) is 1. The Morgan fingerprint density at radius 3 is 2.70 bits per heavy atom. The van der Waals surface area contributed by atoms with Gasteiger partial charge in [-0.1, -0.05) is 11.3 Å². The number of thiazole rings is 1. The van der Waals surface area contributed by atoms with Crippen LogP contribution in [0.25, 0.3) is 32.8 Å². The third kappa shape index (κ3) is 4.07. The van der Waals surface area contributed by atoms with Crippen LogP contribution in [-0.4, -0.2) is 54.3 Å². The molecule has 1 N–H and O–H groups in total. The molecule has 0 atom stereocenters. The zero-order chi connectivity index (χ0) is 20.3. The lowest BCUT2D eigenvalue weighted by Gasteiger charge is -2.26. The Hall–Kier alpha value is -2.81. The van der Waals surface area contributed by atoms with Crippen LogP contribution in [0.1, 0.15) is 0 Å². The summed E-state index contributed by atoms with van der Waals surface area (Å²) in [5.74, 6) is 0.391. The van der Waals surface area contributed by atoms with Crippen LogP contribution in [-0.2, 0) is 4.74 Å². The monoisotopic (exact) mass is 424 g/mol. The number of morpholine rings is 1. The molecular formula is C22H21FN4O2S. The van der Waals surface area contributed by atoms with E-state index in [4.69, 9.17) is 9.15 Å². The van der Waals surface area contributed by atoms with E-state index in [1.54, 1.807) is 23.5 Å². The smallest absolute Gasteiger partial charge is 0.183 e. The van der Waals surface area contributed by atoms with Gasteiger partial charge in [0.1, 0.15) is 11.5 Å². The van der Waals surface area contributed by atoms with Crippen LogP contribution in [0.3, 0.4) is 0 Å². The Bertz CT molecular complexity index is 1140. The maximum Gasteiger partial charge on any atom is 0.183 e. The fourth-order valence-electron chi connectivity index (χ4n) is 3.55. The highest BCUT2D eigenvalue weighted by Crippen LogP contribution is 2.35. The Morgan fingerprint density at radius 2 is 1.87 bits per heavy atom. The largest absolute Gasteiger partial charge is 0.443 e. The lowest BCUT2D eigenvalue weighted by atomic mass is 10.1. The molecule has 0 bridgehead atoms. The zero-order valence-electron chi connectivity index (χ0n) is 16.3. The van der Waals surface area contributed by atoms with Gasteiger partial charge >= 0.3 is 0 Å². The van der Waals surface area contributed by atoms with E-state index in [2.05, 4.69) is 26.3 Å². The van der Waals surface area contributed by atoms with Crippen molar-refractivity contribution in [1.29, 1.82) is 0 Å². The lowest BCUT2D eigenvalue weighted by molar-refractivity contribution is 0.0398. The second kappa shape index (κ2) is 8.51. The zero-order valence-corrected chi connectivity index (χ0v) is 17.1. The molecule has 30 heavy (non-hydrogen) atoms. The van der Waals surface area contributed by atoms with Crippen molar-refractivity contribution in [1.82, 2.24) is 14.9 Å². The van der Waals surface area contributed by atoms with Crippen LogP contribution in [0.5, 0.6) is 0 Å². The van der Waals surface area contributed by atoms with Gasteiger partial charge in [0.15, 0.2) is 17.3 Å². The van der Waals surface area contributed by atoms with E-state index in [0.29, 0.717) is 11.5 Å². The highest BCUT2D eigenvalue weighted by atomic mass is 32.1. The summed E-state index contributed by atoms with van der Waals surface area (Å²) < 4.78 is 25.4. The molecule has 0 spiro atoms. The van der Waals surface area contributed by atoms with Crippen molar-refractivity contribution in [3.8, 4) is 22.6 Å². The van der Waals surface area contributed by atoms with Gasteiger partial charge in [0, 0.05) is 37.3 Å². The van der Waals surface area contributed by atoms with E-state index < -0.39 is 0 Å². The Kier molecular flexibility index (Phi) is 5.44. The van der Waals surface area contributed by atoms with E-state index in [1.807, 2.05) is 12.1 Å². The van der Waals surface area contributed by atoms with Crippen LogP contribution in [0.15, 0.2) is 53.3 Å². The quantitative estimate of drug-likeness (QED) is 0.492. The molecule has 3 heterocycles. The van der Waals surface area contributed by atoms with Gasteiger partial charge in [-0.15, -0.1) is 0 Å². The number of ether oxygens (including phenoxy) is 1. The first-order valence-corrected chi connectivity index (χ1v) is 10.7. The minimum atomic E-state index is -0.275. The number of hydrogen-bond donors (Lipinski definition) is 1. The van der Waals surface area contributed by atoms with Crippen molar-refractivity contribution in [2.45, 2.75) is 0 Å². The van der Waals surface area contributed by atoms with Crippen LogP contribution in [0.4, 0.5) is 9.52 Å². The number of nitrogens with zero attached hydrogens (tertiary/aromatic N) is 3. The Labute approximate surface area is 177 Å². The van der Waals surface area contributed by atoms with Gasteiger partial charge in [-0.05, 0) is 42.5 Å². The number of oxazole rings is 1. The highest BCUT2D eigenvalue weighted by molar-refractivity contribution is 7.22. The fraction of sp³-hybridized carbons (Fsp3) is 0.273. The van der Waals surface area contributed by atoms with E-state index in [0.717, 1.165) is 65.9 Å². The van der Waals surface area contributed by atoms with Crippen LogP contribution >= 0.6 is 11.3 Å². The summed E-state index contributed by atoms with van der Waals surface area (Å²) in [6.07, 6.45) is 1.42. The summed E-state index contributed by atoms with van der Waals surface area (Å²) in [4.78, 5) is 11.4. The molecule has 1 aliphatic heterocycles. The number of aromatic nitrogens is 2. The average molecular weight is 425 g/mol. The van der Waals surface area contributed by atoms with Crippen molar-refractivity contribution >= 4 is 26.7 Å². The Morgan fingerprint density at radius 1 is 1.07 bits per heavy atom. The van der Waals surface area contributed by atoms with Crippen molar-refractivity contribution in [2.24, 2.45) is 0 Å². The fourth-order valence-corrected chi connectivity index (χ4v) is 4.48. The first-order valence-electron chi connectivity index (χ1n) is 9.91. The van der Waals surface area contributed by atoms with Crippen LogP contribution < -0.4 is 5.32 Å². The molecule has 5 rings (SSSR count). The highest BCUT2D eigenvalue weighted by Gasteiger charge is 2.15. The molecule has 4 aromatic rings. The summed E-state index contributed by atoms with van der Waals surface area (Å²) in [5, 5.41) is 4.34. The maximum absolute atomic E-state index is 13.3. The lowest BCUT2D eigenvalue weighted by Crippen LogP contribution is -2.38. The van der Waals surface area contributed by atoms with Gasteiger partial charge < -0.3 is 14.5 Å². The third-order valence-electron chi connectivity index (χ3n) is 5.14. The predicted molar refractivity (Wildman–Crippen MR) is 116 cm³/mol. The standard InChI is InChI=1S/C22H21FN4O2S/c23-17-4-1-15(2-5-17)20-21(29-14-25-20)16-3-6-18-19(13-16)30-22(26-18)24-7-8-27-9-11-28-12-10-27/h1-6,13-14H,7-12H2,(H,24,26). The number of anilines is 1. The number of fused-ring (bicyclic) bond motifs is 1. The molecule has 1 saturated heterocycles. The molecule has 154 valence electrons. The van der Waals surface area contributed by atoms with E-state index in [1.165, 1.54) is 18.5 Å². The minimum Gasteiger partial charge on any atom is -0.443 e. The second-order valence-corrected chi connectivity index (χ2v) is 8.15. The summed E-state index contributed by atoms with van der Waals surface area (Å²) in [7, 11) is 0. The molecule has 0 aliphatic carbocycles. The number of halogens is 1. The van der Waals surface area contributed by atoms with E-state index >= 15 is 0 Å². The maximum atomic E-state index is 13.3. The first kappa shape index (κ1) is 19.2. The summed E-state index contributed by atoms with van der Waals surface area (Å²) in [5.41, 5.74) is 3.38. The second-order valence-electron chi connectivity index (χ2n) is 7.12. The van der Waals surface area contributed by atoms with Crippen molar-refractivity contribution in [3.63, 3.8) is 0 Å². The number of benzene rings is 2. The van der Waals surface area contributed by atoms with Gasteiger partial charge in [0.25, 0.3) is 0 Å². The minimum absolute atomic E-state index is 0.275. The van der Waals surface area contributed by atoms with Gasteiger partial charge in [0.05, 0.1) is 23.4 Å². The molecule has 2 aromatic carbocycles. The molecule has 0 amide bonds. The summed E-state index contributed by atoms with van der Waals surface area (Å²) in [6.45, 7) is 5.42. The van der Waals surface area contributed by atoms with E-state index in [-0.39, 0.29) is 5.82 Å². The Balaban J connectivity index is 1.33. The molecule has 1 aliphatic rings. The molecule has 1 fully saturated rings. The number of rotatable bonds is 6. The SMILES string of the molecule is Fc1ccc(-c2ncoc2-c2ccc3nc(NCCN4CCOCC4)sc3c2)cc1. The molecule has 6 nitrogen and oxygen atoms in total. The molecule has 0 radical (unpaired) electrons. The third-order valence-corrected chi connectivity index (χ3v) is 6.12. The molecule has 0 saturated carbocycles. The normalized spacial score (nSPS) is 15.0. The van der Waals surface area contributed by atoms with Crippen molar-refractivity contribution in [3.05, 3.63) is 54.7 Å². The molecule has 0 unspecified atom stereocenters. The topological polar surface area (TPSA) is 63.4 Å². The average Bonchev–Trinajstić information content (AvgIpc) is 3.41. The van der Waals surface area contributed by atoms with Crippen molar-refractivity contribution in [2.75, 3.05) is 44.7 Å². The van der Waals surface area contributed by atoms with Gasteiger partial charge in [-0.3, -0.25) is 4.90 Å². The van der Waals surface area contributed by atoms with Gasteiger partial charge in [0.2, 0.25) is 0 Å². The summed E-state index contributed by atoms with van der Waals surface area (Å²) >= 11 is 1.62. The number of hydrogen-bond acceptors (Lipinski definition) is 7. The summed E-state index contributed by atoms with van der Waals surface area (Å²) in [6, 6.07) is 12.3. The molecule has 8 heteroatoms. The van der Waals surface area contributed by atoms with Crippen molar-refractivity contribution < 1.29 is 13.5 Å². The van der Waals surface area contributed by atoms with Crippen LogP contribution in [0.2, 0.25) is 0 Å².